The second-order valence-corrected chi connectivity index (χ2v) is 9.85. The van der Waals surface area contributed by atoms with Crippen LogP contribution in [0.3, 0.4) is 0 Å². The predicted molar refractivity (Wildman–Crippen MR) is 126 cm³/mol. The molecule has 3 heterocycles. The van der Waals surface area contributed by atoms with Crippen LogP contribution in [0.15, 0.2) is 40.9 Å². The second-order valence-electron chi connectivity index (χ2n) is 9.85. The van der Waals surface area contributed by atoms with Gasteiger partial charge in [0.05, 0.1) is 0 Å². The summed E-state index contributed by atoms with van der Waals surface area (Å²) in [5.41, 5.74) is 0.644. The normalized spacial score (nSPS) is 25.1. The lowest BCUT2D eigenvalue weighted by molar-refractivity contribution is -0.138. The van der Waals surface area contributed by atoms with Crippen LogP contribution in [-0.2, 0) is 9.59 Å². The number of fused-ring (bicyclic) bond motifs is 1. The van der Waals surface area contributed by atoms with Gasteiger partial charge < -0.3 is 19.6 Å². The standard InChI is InChI=1S/C26H32N4O4/c1-17-15-23(28-34-17)27-24(31)18-11-13-29(14-12-18)26(33)22-16-20-9-5-6-10-21(20)30(22)25(32)19-7-3-2-4-8-19/h2-4,7-8,15,18,20-22H,5-6,9-14,16H2,1H3,(H,27,28,31). The molecule has 5 rings (SSSR count). The highest BCUT2D eigenvalue weighted by Gasteiger charge is 2.48. The molecule has 1 aromatic heterocycles. The molecule has 3 fully saturated rings. The van der Waals surface area contributed by atoms with Crippen molar-refractivity contribution in [3.8, 4) is 0 Å². The van der Waals surface area contributed by atoms with Crippen molar-refractivity contribution < 1.29 is 18.9 Å². The van der Waals surface area contributed by atoms with E-state index < -0.39 is 6.04 Å². The predicted octanol–water partition coefficient (Wildman–Crippen LogP) is 3.63. The van der Waals surface area contributed by atoms with Gasteiger partial charge in [-0.2, -0.15) is 0 Å². The van der Waals surface area contributed by atoms with E-state index in [1.807, 2.05) is 40.1 Å². The number of hydrogen-bond acceptors (Lipinski definition) is 5. The van der Waals surface area contributed by atoms with Crippen molar-refractivity contribution in [2.75, 3.05) is 18.4 Å². The van der Waals surface area contributed by atoms with E-state index in [-0.39, 0.29) is 29.7 Å². The van der Waals surface area contributed by atoms with Gasteiger partial charge in [-0.3, -0.25) is 14.4 Å². The fourth-order valence-electron chi connectivity index (χ4n) is 5.93. The Bertz CT molecular complexity index is 1040. The van der Waals surface area contributed by atoms with Gasteiger partial charge in [-0.1, -0.05) is 36.2 Å². The van der Waals surface area contributed by atoms with Crippen LogP contribution in [0.4, 0.5) is 5.82 Å². The molecule has 0 spiro atoms. The Morgan fingerprint density at radius 2 is 1.76 bits per heavy atom. The van der Waals surface area contributed by atoms with E-state index in [1.54, 1.807) is 13.0 Å². The third-order valence-corrected chi connectivity index (χ3v) is 7.69. The fraction of sp³-hybridized carbons (Fsp3) is 0.538. The first-order valence-electron chi connectivity index (χ1n) is 12.4. The maximum Gasteiger partial charge on any atom is 0.254 e. The molecule has 3 atom stereocenters. The van der Waals surface area contributed by atoms with Crippen molar-refractivity contribution in [2.24, 2.45) is 11.8 Å². The van der Waals surface area contributed by atoms with Gasteiger partial charge in [0.2, 0.25) is 11.8 Å². The quantitative estimate of drug-likeness (QED) is 0.745. The number of likely N-dealkylation sites (tertiary alicyclic amines) is 2. The number of aromatic nitrogens is 1. The average molecular weight is 465 g/mol. The van der Waals surface area contributed by atoms with Gasteiger partial charge >= 0.3 is 0 Å². The number of piperidine rings is 1. The van der Waals surface area contributed by atoms with Gasteiger partial charge in [0, 0.05) is 36.7 Å². The minimum absolute atomic E-state index is 0.0321. The van der Waals surface area contributed by atoms with Crippen LogP contribution in [-0.4, -0.2) is 57.9 Å². The molecule has 3 unspecified atom stereocenters. The van der Waals surface area contributed by atoms with E-state index in [0.717, 1.165) is 25.7 Å². The van der Waals surface area contributed by atoms with Crippen molar-refractivity contribution in [2.45, 2.75) is 64.0 Å². The lowest BCUT2D eigenvalue weighted by atomic mass is 9.84. The van der Waals surface area contributed by atoms with E-state index in [1.165, 1.54) is 6.42 Å². The van der Waals surface area contributed by atoms with E-state index >= 15 is 0 Å². The molecule has 1 aromatic carbocycles. The molecular weight excluding hydrogens is 432 g/mol. The number of nitrogens with one attached hydrogen (secondary N) is 1. The summed E-state index contributed by atoms with van der Waals surface area (Å²) >= 11 is 0. The number of hydrogen-bond donors (Lipinski definition) is 1. The SMILES string of the molecule is Cc1cc(NC(=O)C2CCN(C(=O)C3CC4CCCCC4N3C(=O)c3ccccc3)CC2)no1. The minimum atomic E-state index is -0.413. The smallest absolute Gasteiger partial charge is 0.254 e. The zero-order chi connectivity index (χ0) is 23.7. The lowest BCUT2D eigenvalue weighted by Gasteiger charge is -2.37. The van der Waals surface area contributed by atoms with E-state index in [4.69, 9.17) is 4.52 Å². The van der Waals surface area contributed by atoms with Crippen LogP contribution < -0.4 is 5.32 Å². The first kappa shape index (κ1) is 22.6. The molecular formula is C26H32N4O4. The Kier molecular flexibility index (Phi) is 6.39. The maximum absolute atomic E-state index is 13.7. The van der Waals surface area contributed by atoms with E-state index in [2.05, 4.69) is 10.5 Å². The summed E-state index contributed by atoms with van der Waals surface area (Å²) in [7, 11) is 0. The van der Waals surface area contributed by atoms with Crippen molar-refractivity contribution in [1.29, 1.82) is 0 Å². The van der Waals surface area contributed by atoms with Gasteiger partial charge in [-0.25, -0.2) is 0 Å². The zero-order valence-electron chi connectivity index (χ0n) is 19.6. The summed E-state index contributed by atoms with van der Waals surface area (Å²) in [5, 5.41) is 6.63. The molecule has 34 heavy (non-hydrogen) atoms. The van der Waals surface area contributed by atoms with Gasteiger partial charge in [-0.15, -0.1) is 0 Å². The third-order valence-electron chi connectivity index (χ3n) is 7.69. The monoisotopic (exact) mass is 464 g/mol. The summed E-state index contributed by atoms with van der Waals surface area (Å²) in [4.78, 5) is 43.6. The molecule has 1 aliphatic carbocycles. The molecule has 1 saturated carbocycles. The van der Waals surface area contributed by atoms with Gasteiger partial charge in [0.1, 0.15) is 11.8 Å². The van der Waals surface area contributed by atoms with Crippen LogP contribution in [0.25, 0.3) is 0 Å². The Labute approximate surface area is 199 Å². The first-order chi connectivity index (χ1) is 16.5. The highest BCUT2D eigenvalue weighted by atomic mass is 16.5. The molecule has 180 valence electrons. The molecule has 3 aliphatic rings. The van der Waals surface area contributed by atoms with Gasteiger partial charge in [-0.05, 0) is 57.1 Å². The summed E-state index contributed by atoms with van der Waals surface area (Å²) < 4.78 is 5.01. The molecule has 2 aliphatic heterocycles. The second kappa shape index (κ2) is 9.60. The van der Waals surface area contributed by atoms with E-state index in [9.17, 15) is 14.4 Å². The number of carbonyl (C=O) groups is 3. The minimum Gasteiger partial charge on any atom is -0.360 e. The first-order valence-corrected chi connectivity index (χ1v) is 12.4. The van der Waals surface area contributed by atoms with Gasteiger partial charge in [0.25, 0.3) is 5.91 Å². The topological polar surface area (TPSA) is 95.8 Å². The lowest BCUT2D eigenvalue weighted by Crippen LogP contribution is -2.52. The van der Waals surface area contributed by atoms with Gasteiger partial charge in [0.15, 0.2) is 5.82 Å². The summed E-state index contributed by atoms with van der Waals surface area (Å²) in [6.45, 7) is 2.82. The van der Waals surface area contributed by atoms with Crippen LogP contribution in [0.5, 0.6) is 0 Å². The van der Waals surface area contributed by atoms with Crippen molar-refractivity contribution in [3.05, 3.63) is 47.7 Å². The summed E-state index contributed by atoms with van der Waals surface area (Å²) in [6, 6.07) is 10.7. The number of amides is 3. The molecule has 0 bridgehead atoms. The Hall–Kier alpha value is -3.16. The molecule has 1 N–H and O–H groups in total. The van der Waals surface area contributed by atoms with Crippen LogP contribution in [0, 0.1) is 18.8 Å². The number of carbonyl (C=O) groups excluding carboxylic acids is 3. The van der Waals surface area contributed by atoms with Crippen LogP contribution in [0.2, 0.25) is 0 Å². The van der Waals surface area contributed by atoms with Crippen LogP contribution >= 0.6 is 0 Å². The molecule has 8 nitrogen and oxygen atoms in total. The number of rotatable bonds is 4. The van der Waals surface area contributed by atoms with Crippen molar-refractivity contribution in [3.63, 3.8) is 0 Å². The number of benzene rings is 1. The molecule has 8 heteroatoms. The molecule has 0 radical (unpaired) electrons. The molecule has 2 aromatic rings. The number of nitrogens with zero attached hydrogens (tertiary/aromatic N) is 3. The molecule has 2 saturated heterocycles. The van der Waals surface area contributed by atoms with Crippen LogP contribution in [0.1, 0.15) is 61.1 Å². The average Bonchev–Trinajstić information content (AvgIpc) is 3.46. The maximum atomic E-state index is 13.7. The largest absolute Gasteiger partial charge is 0.360 e. The van der Waals surface area contributed by atoms with Crippen molar-refractivity contribution >= 4 is 23.5 Å². The fourth-order valence-corrected chi connectivity index (χ4v) is 5.93. The Morgan fingerprint density at radius 1 is 1.03 bits per heavy atom. The third kappa shape index (κ3) is 4.45. The van der Waals surface area contributed by atoms with E-state index in [0.29, 0.717) is 49.0 Å². The zero-order valence-corrected chi connectivity index (χ0v) is 19.6. The Balaban J connectivity index is 1.25. The molecule has 3 amide bonds. The highest BCUT2D eigenvalue weighted by molar-refractivity contribution is 5.98. The summed E-state index contributed by atoms with van der Waals surface area (Å²) in [6.07, 6.45) is 6.26. The summed E-state index contributed by atoms with van der Waals surface area (Å²) in [5.74, 6) is 1.19. The number of anilines is 1. The highest BCUT2D eigenvalue weighted by Crippen LogP contribution is 2.41. The van der Waals surface area contributed by atoms with Crippen molar-refractivity contribution in [1.82, 2.24) is 15.0 Å². The Morgan fingerprint density at radius 3 is 2.47 bits per heavy atom. The number of aryl methyl sites for hydroxylation is 1.